The summed E-state index contributed by atoms with van der Waals surface area (Å²) in [6.07, 6.45) is 1.68. The molecule has 2 aromatic carbocycles. The number of benzene rings is 2. The maximum Gasteiger partial charge on any atom is 0.162 e. The van der Waals surface area contributed by atoms with Gasteiger partial charge in [0.15, 0.2) is 11.5 Å². The third-order valence-corrected chi connectivity index (χ3v) is 3.39. The second-order valence-electron chi connectivity index (χ2n) is 4.51. The van der Waals surface area contributed by atoms with Gasteiger partial charge in [-0.1, -0.05) is 11.6 Å². The molecule has 3 aromatic rings. The average Bonchev–Trinajstić information content (AvgIpc) is 2.54. The Morgan fingerprint density at radius 1 is 1.00 bits per heavy atom. The highest BCUT2D eigenvalue weighted by molar-refractivity contribution is 6.30. The molecule has 0 amide bonds. The van der Waals surface area contributed by atoms with Crippen LogP contribution in [0.5, 0.6) is 23.0 Å². The predicted molar refractivity (Wildman–Crippen MR) is 85.2 cm³/mol. The van der Waals surface area contributed by atoms with Gasteiger partial charge in [-0.15, -0.1) is 0 Å². The van der Waals surface area contributed by atoms with E-state index in [1.165, 1.54) is 0 Å². The van der Waals surface area contributed by atoms with Crippen molar-refractivity contribution in [2.45, 2.75) is 0 Å². The Kier molecular flexibility index (Phi) is 4.02. The maximum absolute atomic E-state index is 5.93. The molecule has 4 nitrogen and oxygen atoms in total. The van der Waals surface area contributed by atoms with Gasteiger partial charge in [-0.3, -0.25) is 4.98 Å². The van der Waals surface area contributed by atoms with Crippen LogP contribution in [0.15, 0.2) is 42.6 Å². The Morgan fingerprint density at radius 3 is 2.50 bits per heavy atom. The molecule has 111 valence electrons. The third-order valence-electron chi connectivity index (χ3n) is 3.17. The second-order valence-corrected chi connectivity index (χ2v) is 4.92. The maximum atomic E-state index is 5.93. The molecule has 0 aliphatic carbocycles. The molecule has 1 aromatic heterocycles. The molecule has 0 saturated carbocycles. The average molecular weight is 315 g/mol. The van der Waals surface area contributed by atoms with E-state index in [4.69, 9.17) is 25.8 Å². The molecular weight excluding hydrogens is 302 g/mol. The van der Waals surface area contributed by atoms with Crippen LogP contribution in [0.4, 0.5) is 0 Å². The van der Waals surface area contributed by atoms with Crippen molar-refractivity contribution in [1.29, 1.82) is 0 Å². The molecule has 22 heavy (non-hydrogen) atoms. The largest absolute Gasteiger partial charge is 0.493 e. The summed E-state index contributed by atoms with van der Waals surface area (Å²) in [5, 5.41) is 1.32. The zero-order valence-corrected chi connectivity index (χ0v) is 12.8. The van der Waals surface area contributed by atoms with Crippen LogP contribution in [0.1, 0.15) is 0 Å². The SMILES string of the molecule is COc1cc2nccc(Oc3cc[c]c(Cl)c3)c2cc1OC. The smallest absolute Gasteiger partial charge is 0.162 e. The number of aromatic nitrogens is 1. The Morgan fingerprint density at radius 2 is 1.77 bits per heavy atom. The van der Waals surface area contributed by atoms with E-state index in [1.54, 1.807) is 44.7 Å². The first-order valence-electron chi connectivity index (χ1n) is 6.57. The summed E-state index contributed by atoms with van der Waals surface area (Å²) < 4.78 is 16.5. The summed E-state index contributed by atoms with van der Waals surface area (Å²) in [4.78, 5) is 4.34. The van der Waals surface area contributed by atoms with Crippen molar-refractivity contribution in [2.24, 2.45) is 0 Å². The summed E-state index contributed by atoms with van der Waals surface area (Å²) in [6, 6.07) is 13.5. The molecule has 5 heteroatoms. The topological polar surface area (TPSA) is 40.6 Å². The highest BCUT2D eigenvalue weighted by Gasteiger charge is 2.11. The molecule has 0 unspecified atom stereocenters. The van der Waals surface area contributed by atoms with Crippen molar-refractivity contribution < 1.29 is 14.2 Å². The monoisotopic (exact) mass is 314 g/mol. The van der Waals surface area contributed by atoms with Gasteiger partial charge in [0.25, 0.3) is 0 Å². The molecule has 3 rings (SSSR count). The van der Waals surface area contributed by atoms with Gasteiger partial charge >= 0.3 is 0 Å². The summed E-state index contributed by atoms with van der Waals surface area (Å²) in [5.74, 6) is 2.53. The van der Waals surface area contributed by atoms with Gasteiger partial charge in [-0.2, -0.15) is 0 Å². The molecule has 0 aliphatic rings. The van der Waals surface area contributed by atoms with Gasteiger partial charge in [-0.05, 0) is 24.3 Å². The minimum atomic E-state index is 0.495. The number of rotatable bonds is 4. The van der Waals surface area contributed by atoms with Gasteiger partial charge in [0.05, 0.1) is 24.8 Å². The molecule has 0 aliphatic heterocycles. The molecule has 0 N–H and O–H groups in total. The van der Waals surface area contributed by atoms with Crippen molar-refractivity contribution in [2.75, 3.05) is 14.2 Å². The summed E-state index contributed by atoms with van der Waals surface area (Å²) in [5.41, 5.74) is 0.753. The van der Waals surface area contributed by atoms with Gasteiger partial charge < -0.3 is 14.2 Å². The van der Waals surface area contributed by atoms with Crippen LogP contribution in [-0.2, 0) is 0 Å². The van der Waals surface area contributed by atoms with E-state index in [-0.39, 0.29) is 0 Å². The standard InChI is InChI=1S/C17H13ClNO3/c1-20-16-9-13-14(10-17(16)21-2)19-7-6-15(13)22-12-5-3-4-11(18)8-12/h3,5-10H,1-2H3. The van der Waals surface area contributed by atoms with Crippen LogP contribution >= 0.6 is 11.6 Å². The van der Waals surface area contributed by atoms with Crippen LogP contribution in [0.25, 0.3) is 10.9 Å². The lowest BCUT2D eigenvalue weighted by Gasteiger charge is -2.12. The highest BCUT2D eigenvalue weighted by atomic mass is 35.5. The van der Waals surface area contributed by atoms with Crippen LogP contribution < -0.4 is 14.2 Å². The van der Waals surface area contributed by atoms with Gasteiger partial charge in [0, 0.05) is 29.8 Å². The lowest BCUT2D eigenvalue weighted by molar-refractivity contribution is 0.355. The van der Waals surface area contributed by atoms with Crippen LogP contribution in [0.3, 0.4) is 0 Å². The number of fused-ring (bicyclic) bond motifs is 1. The van der Waals surface area contributed by atoms with Crippen molar-refractivity contribution >= 4 is 22.5 Å². The van der Waals surface area contributed by atoms with E-state index in [0.717, 1.165) is 10.9 Å². The van der Waals surface area contributed by atoms with E-state index < -0.39 is 0 Å². The molecule has 1 heterocycles. The fraction of sp³-hybridized carbons (Fsp3) is 0.118. The second kappa shape index (κ2) is 6.12. The lowest BCUT2D eigenvalue weighted by Crippen LogP contribution is -1.93. The number of hydrogen-bond acceptors (Lipinski definition) is 4. The highest BCUT2D eigenvalue weighted by Crippen LogP contribution is 2.37. The van der Waals surface area contributed by atoms with Crippen LogP contribution in [0.2, 0.25) is 5.02 Å². The van der Waals surface area contributed by atoms with Gasteiger partial charge in [0.2, 0.25) is 0 Å². The number of pyridine rings is 1. The van der Waals surface area contributed by atoms with Crippen LogP contribution in [0, 0.1) is 6.07 Å². The minimum Gasteiger partial charge on any atom is -0.493 e. The summed E-state index contributed by atoms with van der Waals surface area (Å²) >= 11 is 5.93. The Bertz CT molecular complexity index is 820. The lowest BCUT2D eigenvalue weighted by atomic mass is 10.2. The zero-order valence-electron chi connectivity index (χ0n) is 12.1. The van der Waals surface area contributed by atoms with Gasteiger partial charge in [0.1, 0.15) is 11.5 Å². The number of nitrogens with zero attached hydrogens (tertiary/aromatic N) is 1. The van der Waals surface area contributed by atoms with E-state index in [1.807, 2.05) is 12.1 Å². The Balaban J connectivity index is 2.09. The van der Waals surface area contributed by atoms with Crippen molar-refractivity contribution in [3.05, 3.63) is 53.7 Å². The fourth-order valence-electron chi connectivity index (χ4n) is 2.15. The minimum absolute atomic E-state index is 0.495. The predicted octanol–water partition coefficient (Wildman–Crippen LogP) is 4.50. The van der Waals surface area contributed by atoms with E-state index in [2.05, 4.69) is 11.1 Å². The van der Waals surface area contributed by atoms with E-state index in [0.29, 0.717) is 28.0 Å². The summed E-state index contributed by atoms with van der Waals surface area (Å²) in [6.45, 7) is 0. The van der Waals surface area contributed by atoms with E-state index >= 15 is 0 Å². The molecular formula is C17H13ClNO3. The molecule has 1 radical (unpaired) electrons. The normalized spacial score (nSPS) is 10.5. The first kappa shape index (κ1) is 14.5. The Hall–Kier alpha value is -2.46. The molecule has 0 bridgehead atoms. The number of methoxy groups -OCH3 is 2. The van der Waals surface area contributed by atoms with Gasteiger partial charge in [-0.25, -0.2) is 0 Å². The number of ether oxygens (including phenoxy) is 3. The molecule has 0 atom stereocenters. The summed E-state index contributed by atoms with van der Waals surface area (Å²) in [7, 11) is 3.18. The Labute approximate surface area is 133 Å². The van der Waals surface area contributed by atoms with Crippen molar-refractivity contribution in [3.63, 3.8) is 0 Å². The van der Waals surface area contributed by atoms with Crippen LogP contribution in [-0.4, -0.2) is 19.2 Å². The fourth-order valence-corrected chi connectivity index (χ4v) is 2.32. The van der Waals surface area contributed by atoms with E-state index in [9.17, 15) is 0 Å². The first-order valence-corrected chi connectivity index (χ1v) is 6.95. The third kappa shape index (κ3) is 2.78. The van der Waals surface area contributed by atoms with Crippen molar-refractivity contribution in [3.8, 4) is 23.0 Å². The quantitative estimate of drug-likeness (QED) is 0.711. The zero-order chi connectivity index (χ0) is 15.5. The molecule has 0 fully saturated rings. The first-order chi connectivity index (χ1) is 10.7. The molecule has 0 spiro atoms. The van der Waals surface area contributed by atoms with Crippen molar-refractivity contribution in [1.82, 2.24) is 4.98 Å². The number of hydrogen-bond donors (Lipinski definition) is 0. The molecule has 0 saturated heterocycles. The number of halogens is 1.